The molecule has 0 atom stereocenters. The summed E-state index contributed by atoms with van der Waals surface area (Å²) >= 11 is 0. The third-order valence-electron chi connectivity index (χ3n) is 3.25. The fourth-order valence-corrected chi connectivity index (χ4v) is 3.80. The van der Waals surface area contributed by atoms with Gasteiger partial charge in [-0.2, -0.15) is 0 Å². The minimum atomic E-state index is -2.40. The lowest BCUT2D eigenvalue weighted by atomic mass is 10.2. The smallest absolute Gasteiger partial charge is 0.377 e. The van der Waals surface area contributed by atoms with Gasteiger partial charge in [0.2, 0.25) is 0 Å². The molecule has 0 fully saturated rings. The van der Waals surface area contributed by atoms with E-state index in [2.05, 4.69) is 36.2 Å². The van der Waals surface area contributed by atoms with Crippen LogP contribution in [0.5, 0.6) is 0 Å². The number of rotatable bonds is 9. The van der Waals surface area contributed by atoms with Crippen molar-refractivity contribution >= 4 is 8.80 Å². The summed E-state index contributed by atoms with van der Waals surface area (Å²) in [6, 6.07) is 11.3. The molecule has 4 nitrogen and oxygen atoms in total. The summed E-state index contributed by atoms with van der Waals surface area (Å²) in [7, 11) is 4.70. The van der Waals surface area contributed by atoms with Crippen LogP contribution in [0.15, 0.2) is 30.3 Å². The van der Waals surface area contributed by atoms with E-state index in [-0.39, 0.29) is 0 Å². The molecular formula is C14H25NO3Si. The Bertz CT molecular complexity index is 336. The minimum Gasteiger partial charge on any atom is -0.377 e. The number of nitrogens with zero attached hydrogens (tertiary/aromatic N) is 1. The molecule has 1 aromatic rings. The summed E-state index contributed by atoms with van der Waals surface area (Å²) in [6.45, 7) is 1.96. The first-order chi connectivity index (χ1) is 9.15. The molecule has 0 spiro atoms. The van der Waals surface area contributed by atoms with Gasteiger partial charge in [-0.15, -0.1) is 0 Å². The normalized spacial score (nSPS) is 12.1. The van der Waals surface area contributed by atoms with E-state index >= 15 is 0 Å². The van der Waals surface area contributed by atoms with Crippen LogP contribution in [0.4, 0.5) is 0 Å². The first-order valence-electron chi connectivity index (χ1n) is 6.53. The highest BCUT2D eigenvalue weighted by atomic mass is 28.4. The molecule has 0 aliphatic heterocycles. The van der Waals surface area contributed by atoms with Crippen molar-refractivity contribution < 1.29 is 13.3 Å². The van der Waals surface area contributed by atoms with Crippen molar-refractivity contribution in [2.45, 2.75) is 19.0 Å². The first kappa shape index (κ1) is 16.3. The Labute approximate surface area is 117 Å². The van der Waals surface area contributed by atoms with Gasteiger partial charge >= 0.3 is 8.80 Å². The summed E-state index contributed by atoms with van der Waals surface area (Å²) in [5.74, 6) is 0. The summed E-state index contributed by atoms with van der Waals surface area (Å²) in [5, 5.41) is 0. The van der Waals surface area contributed by atoms with E-state index in [1.54, 1.807) is 21.3 Å². The monoisotopic (exact) mass is 283 g/mol. The summed E-state index contributed by atoms with van der Waals surface area (Å²) < 4.78 is 16.2. The molecule has 0 N–H and O–H groups in total. The summed E-state index contributed by atoms with van der Waals surface area (Å²) in [4.78, 5) is 2.30. The molecule has 1 rings (SSSR count). The highest BCUT2D eigenvalue weighted by Gasteiger charge is 2.36. The molecular weight excluding hydrogens is 258 g/mol. The predicted octanol–water partition coefficient (Wildman–Crippen LogP) is 2.39. The van der Waals surface area contributed by atoms with Crippen LogP contribution >= 0.6 is 0 Å². The van der Waals surface area contributed by atoms with E-state index in [4.69, 9.17) is 13.3 Å². The van der Waals surface area contributed by atoms with Crippen molar-refractivity contribution in [1.29, 1.82) is 0 Å². The van der Waals surface area contributed by atoms with Gasteiger partial charge in [0.25, 0.3) is 0 Å². The topological polar surface area (TPSA) is 30.9 Å². The van der Waals surface area contributed by atoms with Gasteiger partial charge in [-0.3, -0.25) is 0 Å². The van der Waals surface area contributed by atoms with Gasteiger partial charge in [-0.25, -0.2) is 0 Å². The van der Waals surface area contributed by atoms with E-state index in [1.165, 1.54) is 5.56 Å². The van der Waals surface area contributed by atoms with E-state index in [1.807, 2.05) is 6.07 Å². The molecule has 0 aliphatic rings. The number of hydrogen-bond acceptors (Lipinski definition) is 4. The van der Waals surface area contributed by atoms with Crippen molar-refractivity contribution in [1.82, 2.24) is 4.90 Å². The summed E-state index contributed by atoms with van der Waals surface area (Å²) in [6.07, 6.45) is 1.01. The molecule has 0 amide bonds. The highest BCUT2D eigenvalue weighted by Crippen LogP contribution is 2.15. The van der Waals surface area contributed by atoms with Crippen LogP contribution in [-0.4, -0.2) is 48.6 Å². The second-order valence-corrected chi connectivity index (χ2v) is 7.71. The Morgan fingerprint density at radius 3 is 2.11 bits per heavy atom. The van der Waals surface area contributed by atoms with Crippen LogP contribution in [0.1, 0.15) is 12.0 Å². The fourth-order valence-electron chi connectivity index (χ4n) is 2.10. The molecule has 0 bridgehead atoms. The maximum absolute atomic E-state index is 5.41. The molecule has 0 heterocycles. The lowest BCUT2D eigenvalue weighted by molar-refractivity contribution is 0.121. The van der Waals surface area contributed by atoms with Gasteiger partial charge < -0.3 is 18.2 Å². The molecule has 1 aromatic carbocycles. The van der Waals surface area contributed by atoms with Gasteiger partial charge in [-0.1, -0.05) is 30.3 Å². The molecule has 0 unspecified atom stereocenters. The van der Waals surface area contributed by atoms with Gasteiger partial charge in [0.1, 0.15) is 0 Å². The maximum Gasteiger partial charge on any atom is 0.500 e. The Morgan fingerprint density at radius 1 is 1.00 bits per heavy atom. The van der Waals surface area contributed by atoms with E-state index < -0.39 is 8.80 Å². The zero-order chi connectivity index (χ0) is 14.1. The molecule has 108 valence electrons. The van der Waals surface area contributed by atoms with Crippen molar-refractivity contribution in [3.63, 3.8) is 0 Å². The van der Waals surface area contributed by atoms with Gasteiger partial charge in [-0.05, 0) is 25.6 Å². The van der Waals surface area contributed by atoms with E-state index in [9.17, 15) is 0 Å². The van der Waals surface area contributed by atoms with Crippen molar-refractivity contribution in [3.8, 4) is 0 Å². The largest absolute Gasteiger partial charge is 0.500 e. The van der Waals surface area contributed by atoms with E-state index in [0.717, 1.165) is 25.6 Å². The number of hydrogen-bond donors (Lipinski definition) is 0. The minimum absolute atomic E-state index is 0.843. The van der Waals surface area contributed by atoms with E-state index in [0.29, 0.717) is 0 Å². The van der Waals surface area contributed by atoms with Crippen molar-refractivity contribution in [2.24, 2.45) is 0 Å². The second kappa shape index (κ2) is 8.45. The Hall–Kier alpha value is -0.723. The predicted molar refractivity (Wildman–Crippen MR) is 79.0 cm³/mol. The average Bonchev–Trinajstić information content (AvgIpc) is 2.45. The lowest BCUT2D eigenvalue weighted by Crippen LogP contribution is -2.43. The van der Waals surface area contributed by atoms with Gasteiger partial charge in [0.05, 0.1) is 0 Å². The Balaban J connectivity index is 2.32. The SMILES string of the molecule is CO[Si](CCCN(C)Cc1ccccc1)(OC)OC. The maximum atomic E-state index is 5.41. The molecule has 5 heteroatoms. The Kier molecular flexibility index (Phi) is 7.26. The third kappa shape index (κ3) is 5.42. The second-order valence-electron chi connectivity index (χ2n) is 4.62. The van der Waals surface area contributed by atoms with Crippen molar-refractivity contribution in [2.75, 3.05) is 34.9 Å². The fraction of sp³-hybridized carbons (Fsp3) is 0.571. The lowest BCUT2D eigenvalue weighted by Gasteiger charge is -2.25. The average molecular weight is 283 g/mol. The van der Waals surface area contributed by atoms with Crippen LogP contribution in [0.2, 0.25) is 6.04 Å². The quantitative estimate of drug-likeness (QED) is 0.651. The zero-order valence-corrected chi connectivity index (χ0v) is 13.4. The molecule has 0 saturated heterocycles. The third-order valence-corrected chi connectivity index (χ3v) is 6.08. The molecule has 0 radical (unpaired) electrons. The highest BCUT2D eigenvalue weighted by molar-refractivity contribution is 6.60. The van der Waals surface area contributed by atoms with Gasteiger partial charge in [0, 0.05) is 33.9 Å². The molecule has 19 heavy (non-hydrogen) atoms. The van der Waals surface area contributed by atoms with Crippen LogP contribution in [0, 0.1) is 0 Å². The molecule has 0 aliphatic carbocycles. The zero-order valence-electron chi connectivity index (χ0n) is 12.4. The van der Waals surface area contributed by atoms with Crippen LogP contribution in [-0.2, 0) is 19.8 Å². The summed E-state index contributed by atoms with van der Waals surface area (Å²) in [5.41, 5.74) is 1.33. The standard InChI is InChI=1S/C14H25NO3Si/c1-15(13-14-9-6-5-7-10-14)11-8-12-19(16-2,17-3)18-4/h5-7,9-10H,8,11-13H2,1-4H3. The molecule has 0 saturated carbocycles. The van der Waals surface area contributed by atoms with Crippen LogP contribution in [0.3, 0.4) is 0 Å². The van der Waals surface area contributed by atoms with Gasteiger partial charge in [0.15, 0.2) is 0 Å². The number of benzene rings is 1. The van der Waals surface area contributed by atoms with Crippen LogP contribution < -0.4 is 0 Å². The first-order valence-corrected chi connectivity index (χ1v) is 8.47. The van der Waals surface area contributed by atoms with Crippen LogP contribution in [0.25, 0.3) is 0 Å². The Morgan fingerprint density at radius 2 is 1.58 bits per heavy atom. The molecule has 0 aromatic heterocycles. The van der Waals surface area contributed by atoms with Crippen molar-refractivity contribution in [3.05, 3.63) is 35.9 Å².